The summed E-state index contributed by atoms with van der Waals surface area (Å²) < 4.78 is 11.8. The molecule has 46 heavy (non-hydrogen) atoms. The molecule has 1 saturated heterocycles. The van der Waals surface area contributed by atoms with Crippen LogP contribution >= 0.6 is 23.2 Å². The van der Waals surface area contributed by atoms with Crippen molar-refractivity contribution in [3.8, 4) is 28.3 Å². The molecule has 2 aromatic heterocycles. The van der Waals surface area contributed by atoms with Crippen molar-refractivity contribution in [3.63, 3.8) is 0 Å². The third-order valence-corrected chi connectivity index (χ3v) is 8.66. The number of halogens is 2. The van der Waals surface area contributed by atoms with Crippen LogP contribution in [0.5, 0.6) is 5.88 Å². The van der Waals surface area contributed by atoms with Crippen LogP contribution in [0.1, 0.15) is 29.3 Å². The maximum atomic E-state index is 12.9. The van der Waals surface area contributed by atoms with Crippen molar-refractivity contribution in [2.75, 3.05) is 32.1 Å². The second kappa shape index (κ2) is 14.4. The van der Waals surface area contributed by atoms with Gasteiger partial charge in [0.1, 0.15) is 5.56 Å². The first kappa shape index (κ1) is 33.1. The third-order valence-electron chi connectivity index (χ3n) is 7.84. The maximum absolute atomic E-state index is 12.9. The summed E-state index contributed by atoms with van der Waals surface area (Å²) in [5, 5.41) is 17.8. The number of aromatic nitrogens is 3. The lowest BCUT2D eigenvalue weighted by atomic mass is 9.93. The highest BCUT2D eigenvalue weighted by molar-refractivity contribution is 6.39. The molecule has 2 aromatic carbocycles. The summed E-state index contributed by atoms with van der Waals surface area (Å²) >= 11 is 13.7. The van der Waals surface area contributed by atoms with Crippen molar-refractivity contribution < 1.29 is 24.2 Å². The first-order valence-corrected chi connectivity index (χ1v) is 15.4. The van der Waals surface area contributed by atoms with Crippen LogP contribution in [0.3, 0.4) is 0 Å². The number of β-amino-alcohol motifs (C(OH)–C–C–N with tert-alkyl or cyclic N) is 1. The van der Waals surface area contributed by atoms with Crippen LogP contribution in [0.2, 0.25) is 10.0 Å². The lowest BCUT2D eigenvalue weighted by molar-refractivity contribution is -0.155. The van der Waals surface area contributed by atoms with Gasteiger partial charge in [-0.05, 0) is 38.1 Å². The quantitative estimate of drug-likeness (QED) is 0.241. The smallest absolute Gasteiger partial charge is 0.311 e. The highest BCUT2D eigenvalue weighted by Crippen LogP contribution is 2.41. The first-order chi connectivity index (χ1) is 22.1. The predicted octanol–water partition coefficient (Wildman–Crippen LogP) is 4.82. The van der Waals surface area contributed by atoms with E-state index in [0.717, 1.165) is 10.2 Å². The Morgan fingerprint density at radius 2 is 1.76 bits per heavy atom. The van der Waals surface area contributed by atoms with Crippen molar-refractivity contribution in [2.45, 2.75) is 26.0 Å². The van der Waals surface area contributed by atoms with E-state index in [4.69, 9.17) is 37.7 Å². The van der Waals surface area contributed by atoms with E-state index >= 15 is 0 Å². The number of aliphatic hydroxyl groups is 1. The van der Waals surface area contributed by atoms with Crippen molar-refractivity contribution in [1.82, 2.24) is 19.7 Å². The Bertz CT molecular complexity index is 1830. The molecule has 5 rings (SSSR count). The van der Waals surface area contributed by atoms with E-state index in [1.54, 1.807) is 25.1 Å². The number of aryl methyl sites for hydroxylation is 1. The molecule has 13 heteroatoms. The third kappa shape index (κ3) is 6.92. The number of piperidine rings is 1. The Balaban J connectivity index is 1.37. The summed E-state index contributed by atoms with van der Waals surface area (Å²) in [4.78, 5) is 44.2. The number of hydrogen-bond acceptors (Lipinski definition) is 9. The SMILES string of the molecule is CCOC(=O)[C@H]1CCN(Cc2ccc(-c3cccc(-c4cccc(NC(=O)c5ccnn(C)c5=O)c4Cl)c3Cl)nc2OC)C[C@@H]1O. The standard InChI is InChI=1S/C33H33Cl2N5O6/c1-4-46-33(44)23-14-16-40(18-27(23)41)17-19-11-12-25(38-31(19)45-3)22-9-5-7-20(28(22)34)21-8-6-10-26(29(21)35)37-30(42)24-13-15-36-39(2)32(24)43/h5-13,15,23,27,41H,4,14,16-18H2,1-3H3,(H,37,42)/t23-,27-/m0/s1. The molecule has 3 heterocycles. The number of nitrogens with zero attached hydrogens (tertiary/aromatic N) is 4. The summed E-state index contributed by atoms with van der Waals surface area (Å²) in [6, 6.07) is 15.7. The fourth-order valence-corrected chi connectivity index (χ4v) is 6.06. The van der Waals surface area contributed by atoms with Crippen LogP contribution in [0, 0.1) is 5.92 Å². The number of esters is 1. The predicted molar refractivity (Wildman–Crippen MR) is 175 cm³/mol. The van der Waals surface area contributed by atoms with Gasteiger partial charge >= 0.3 is 5.97 Å². The highest BCUT2D eigenvalue weighted by atomic mass is 35.5. The fourth-order valence-electron chi connectivity index (χ4n) is 5.46. The Morgan fingerprint density at radius 1 is 1.04 bits per heavy atom. The molecule has 2 N–H and O–H groups in total. The number of benzene rings is 2. The Kier molecular flexibility index (Phi) is 10.4. The summed E-state index contributed by atoms with van der Waals surface area (Å²) in [5.41, 5.74) is 2.92. The lowest BCUT2D eigenvalue weighted by Crippen LogP contribution is -2.46. The van der Waals surface area contributed by atoms with E-state index in [2.05, 4.69) is 10.4 Å². The van der Waals surface area contributed by atoms with Gasteiger partial charge in [0.25, 0.3) is 11.5 Å². The van der Waals surface area contributed by atoms with Crippen LogP contribution in [-0.4, -0.2) is 69.6 Å². The van der Waals surface area contributed by atoms with Crippen molar-refractivity contribution >= 4 is 40.8 Å². The molecule has 240 valence electrons. The number of hydrogen-bond donors (Lipinski definition) is 2. The van der Waals surface area contributed by atoms with Gasteiger partial charge in [-0.15, -0.1) is 0 Å². The number of methoxy groups -OCH3 is 1. The molecule has 1 aliphatic heterocycles. The molecule has 4 aromatic rings. The number of nitrogens with one attached hydrogen (secondary N) is 1. The van der Waals surface area contributed by atoms with Gasteiger partial charge in [0.2, 0.25) is 5.88 Å². The topological polar surface area (TPSA) is 136 Å². The average molecular weight is 667 g/mol. The van der Waals surface area contributed by atoms with Gasteiger partial charge in [0, 0.05) is 48.6 Å². The van der Waals surface area contributed by atoms with E-state index in [1.807, 2.05) is 35.2 Å². The summed E-state index contributed by atoms with van der Waals surface area (Å²) in [5.74, 6) is -1.11. The molecule has 0 spiro atoms. The number of rotatable bonds is 9. The number of aliphatic hydroxyl groups excluding tert-OH is 1. The van der Waals surface area contributed by atoms with Gasteiger partial charge in [0.15, 0.2) is 0 Å². The normalized spacial score (nSPS) is 16.6. The van der Waals surface area contributed by atoms with E-state index in [-0.39, 0.29) is 23.2 Å². The zero-order valence-corrected chi connectivity index (χ0v) is 27.0. The number of likely N-dealkylation sites (tertiary alicyclic amines) is 1. The monoisotopic (exact) mass is 665 g/mol. The number of carbonyl (C=O) groups excluding carboxylic acids is 2. The molecule has 2 atom stereocenters. The largest absolute Gasteiger partial charge is 0.481 e. The van der Waals surface area contributed by atoms with Crippen molar-refractivity contribution in [1.29, 1.82) is 0 Å². The van der Waals surface area contributed by atoms with E-state index in [1.165, 1.54) is 26.4 Å². The average Bonchev–Trinajstić information content (AvgIpc) is 3.04. The second-order valence-electron chi connectivity index (χ2n) is 10.8. The van der Waals surface area contributed by atoms with Crippen LogP contribution in [0.25, 0.3) is 22.4 Å². The number of carbonyl (C=O) groups is 2. The van der Waals surface area contributed by atoms with E-state index in [9.17, 15) is 19.5 Å². The lowest BCUT2D eigenvalue weighted by Gasteiger charge is -2.34. The molecule has 1 aliphatic rings. The zero-order chi connectivity index (χ0) is 33.0. The number of pyridine rings is 1. The maximum Gasteiger partial charge on any atom is 0.311 e. The number of amides is 1. The Morgan fingerprint density at radius 3 is 2.48 bits per heavy atom. The number of anilines is 1. The van der Waals surface area contributed by atoms with Crippen LogP contribution in [0.15, 0.2) is 65.6 Å². The zero-order valence-electron chi connectivity index (χ0n) is 25.5. The van der Waals surface area contributed by atoms with Gasteiger partial charge < -0.3 is 19.9 Å². The molecule has 0 aliphatic carbocycles. The van der Waals surface area contributed by atoms with Crippen LogP contribution < -0.4 is 15.6 Å². The van der Waals surface area contributed by atoms with Gasteiger partial charge in [0.05, 0.1) is 47.2 Å². The Labute approximate surface area is 275 Å². The van der Waals surface area contributed by atoms with Crippen LogP contribution in [0.4, 0.5) is 5.69 Å². The summed E-state index contributed by atoms with van der Waals surface area (Å²) in [6.45, 7) is 3.43. The molecule has 1 amide bonds. The molecule has 11 nitrogen and oxygen atoms in total. The van der Waals surface area contributed by atoms with Gasteiger partial charge in [-0.2, -0.15) is 5.10 Å². The minimum Gasteiger partial charge on any atom is -0.481 e. The molecule has 0 radical (unpaired) electrons. The van der Waals surface area contributed by atoms with Crippen LogP contribution in [-0.2, 0) is 23.1 Å². The number of ether oxygens (including phenoxy) is 2. The molecular weight excluding hydrogens is 633 g/mol. The second-order valence-corrected chi connectivity index (χ2v) is 11.5. The van der Waals surface area contributed by atoms with E-state index in [0.29, 0.717) is 65.0 Å². The summed E-state index contributed by atoms with van der Waals surface area (Å²) in [7, 11) is 3.00. The van der Waals surface area contributed by atoms with Crippen molar-refractivity contribution in [2.24, 2.45) is 13.0 Å². The minimum atomic E-state index is -0.825. The van der Waals surface area contributed by atoms with Gasteiger partial charge in [-0.1, -0.05) is 59.6 Å². The fraction of sp³-hybridized carbons (Fsp3) is 0.303. The molecule has 0 saturated carbocycles. The highest BCUT2D eigenvalue weighted by Gasteiger charge is 2.34. The minimum absolute atomic E-state index is 0.0696. The molecular formula is C33H33Cl2N5O6. The first-order valence-electron chi connectivity index (χ1n) is 14.6. The molecule has 0 bridgehead atoms. The molecule has 0 unspecified atom stereocenters. The molecule has 1 fully saturated rings. The van der Waals surface area contributed by atoms with E-state index < -0.39 is 23.5 Å². The summed E-state index contributed by atoms with van der Waals surface area (Å²) in [6.07, 6.45) is 1.04. The van der Waals surface area contributed by atoms with Crippen molar-refractivity contribution in [3.05, 3.63) is 92.3 Å². The van der Waals surface area contributed by atoms with Gasteiger partial charge in [-0.25, -0.2) is 9.67 Å². The van der Waals surface area contributed by atoms with Gasteiger partial charge in [-0.3, -0.25) is 19.3 Å². The Hall–Kier alpha value is -4.29.